The minimum absolute atomic E-state index is 0.0581. The maximum atomic E-state index is 12.9. The lowest BCUT2D eigenvalue weighted by atomic mass is 10.1. The largest absolute Gasteiger partial charge is 0.372 e. The molecule has 1 aliphatic rings. The van der Waals surface area contributed by atoms with Crippen LogP contribution in [-0.4, -0.2) is 65.9 Å². The van der Waals surface area contributed by atoms with Crippen LogP contribution in [0.1, 0.15) is 16.1 Å². The maximum absolute atomic E-state index is 12.9. The molecule has 4 rings (SSSR count). The highest BCUT2D eigenvalue weighted by molar-refractivity contribution is 7.13. The number of nitrogens with zero attached hydrogens (tertiary/aromatic N) is 5. The first-order valence-corrected chi connectivity index (χ1v) is 11.3. The normalized spacial score (nSPS) is 14.4. The summed E-state index contributed by atoms with van der Waals surface area (Å²) in [4.78, 5) is 34.4. The van der Waals surface area contributed by atoms with E-state index >= 15 is 0 Å². The third kappa shape index (κ3) is 4.79. The smallest absolute Gasteiger partial charge is 0.293 e. The van der Waals surface area contributed by atoms with Gasteiger partial charge in [-0.15, -0.1) is 11.3 Å². The summed E-state index contributed by atoms with van der Waals surface area (Å²) in [7, 11) is 3.49. The van der Waals surface area contributed by atoms with E-state index in [2.05, 4.69) is 22.4 Å². The molecule has 3 aromatic rings. The van der Waals surface area contributed by atoms with Crippen LogP contribution in [-0.2, 0) is 6.54 Å². The average Bonchev–Trinajstić information content (AvgIpc) is 3.27. The number of hydrogen-bond donors (Lipinski definition) is 0. The minimum atomic E-state index is -0.443. The van der Waals surface area contributed by atoms with Gasteiger partial charge in [0, 0.05) is 69.4 Å². The van der Waals surface area contributed by atoms with Gasteiger partial charge in [0.05, 0.1) is 10.6 Å². The molecule has 0 N–H and O–H groups in total. The first-order chi connectivity index (χ1) is 15.4. The second kappa shape index (κ2) is 9.46. The van der Waals surface area contributed by atoms with E-state index in [0.29, 0.717) is 24.3 Å². The summed E-state index contributed by atoms with van der Waals surface area (Å²) in [5, 5.41) is 14.5. The van der Waals surface area contributed by atoms with Crippen molar-refractivity contribution in [3.63, 3.8) is 0 Å². The Morgan fingerprint density at radius 1 is 1.12 bits per heavy atom. The fraction of sp³-hybridized carbons (Fsp3) is 0.304. The molecule has 1 aromatic heterocycles. The van der Waals surface area contributed by atoms with Crippen LogP contribution in [0.2, 0.25) is 0 Å². The van der Waals surface area contributed by atoms with Gasteiger partial charge in [-0.25, -0.2) is 4.98 Å². The zero-order valence-electron chi connectivity index (χ0n) is 18.1. The van der Waals surface area contributed by atoms with Crippen molar-refractivity contribution in [2.24, 2.45) is 0 Å². The Hall–Kier alpha value is -3.30. The van der Waals surface area contributed by atoms with E-state index in [1.54, 1.807) is 47.4 Å². The van der Waals surface area contributed by atoms with Gasteiger partial charge in [-0.3, -0.25) is 19.8 Å². The number of nitro groups is 1. The Bertz CT molecular complexity index is 1110. The number of anilines is 1. The van der Waals surface area contributed by atoms with Crippen LogP contribution in [0.5, 0.6) is 0 Å². The topological polar surface area (TPSA) is 82.8 Å². The maximum Gasteiger partial charge on any atom is 0.293 e. The number of piperazine rings is 1. The number of carbonyl (C=O) groups excluding carboxylic acids is 1. The van der Waals surface area contributed by atoms with E-state index in [9.17, 15) is 14.9 Å². The molecule has 2 aromatic carbocycles. The molecule has 2 heterocycles. The van der Waals surface area contributed by atoms with Gasteiger partial charge < -0.3 is 9.80 Å². The third-order valence-corrected chi connectivity index (χ3v) is 6.46. The molecule has 166 valence electrons. The van der Waals surface area contributed by atoms with E-state index in [0.717, 1.165) is 35.9 Å². The van der Waals surface area contributed by atoms with Crippen molar-refractivity contribution in [3.8, 4) is 10.6 Å². The Morgan fingerprint density at radius 2 is 1.84 bits per heavy atom. The van der Waals surface area contributed by atoms with Crippen molar-refractivity contribution >= 4 is 28.6 Å². The number of benzene rings is 2. The highest BCUT2D eigenvalue weighted by Crippen LogP contribution is 2.28. The van der Waals surface area contributed by atoms with E-state index in [4.69, 9.17) is 4.98 Å². The number of nitro benzene ring substituents is 1. The molecule has 1 fully saturated rings. The first-order valence-electron chi connectivity index (χ1n) is 10.4. The van der Waals surface area contributed by atoms with Gasteiger partial charge >= 0.3 is 0 Å². The minimum Gasteiger partial charge on any atom is -0.372 e. The number of aromatic nitrogens is 1. The van der Waals surface area contributed by atoms with Crippen molar-refractivity contribution in [2.75, 3.05) is 45.2 Å². The predicted molar refractivity (Wildman–Crippen MR) is 126 cm³/mol. The summed E-state index contributed by atoms with van der Waals surface area (Å²) in [6, 6.07) is 14.8. The highest BCUT2D eigenvalue weighted by Gasteiger charge is 2.25. The summed E-state index contributed by atoms with van der Waals surface area (Å²) in [5.41, 5.74) is 2.92. The zero-order chi connectivity index (χ0) is 22.7. The Morgan fingerprint density at radius 3 is 2.50 bits per heavy atom. The molecule has 0 unspecified atom stereocenters. The molecule has 1 aliphatic heterocycles. The van der Waals surface area contributed by atoms with E-state index in [1.807, 2.05) is 18.2 Å². The van der Waals surface area contributed by atoms with Crippen molar-refractivity contribution in [3.05, 3.63) is 75.3 Å². The molecular formula is C23H25N5O3S. The molecule has 8 nitrogen and oxygen atoms in total. The Balaban J connectivity index is 1.37. The van der Waals surface area contributed by atoms with Crippen LogP contribution < -0.4 is 4.90 Å². The lowest BCUT2D eigenvalue weighted by Crippen LogP contribution is -2.48. The van der Waals surface area contributed by atoms with Crippen molar-refractivity contribution in [2.45, 2.75) is 6.54 Å². The quantitative estimate of drug-likeness (QED) is 0.419. The number of hydrogen-bond acceptors (Lipinski definition) is 7. The second-order valence-electron chi connectivity index (χ2n) is 7.93. The van der Waals surface area contributed by atoms with E-state index in [1.165, 1.54) is 6.07 Å². The van der Waals surface area contributed by atoms with Gasteiger partial charge in [0.15, 0.2) is 0 Å². The number of carbonyl (C=O) groups is 1. The SMILES string of the molecule is CN(C)c1ccc(C(=O)N2CCN(Cc3csc(-c4ccccc4)n3)CC2)cc1[N+](=O)[O-]. The van der Waals surface area contributed by atoms with E-state index < -0.39 is 4.92 Å². The second-order valence-corrected chi connectivity index (χ2v) is 8.79. The molecule has 1 saturated heterocycles. The van der Waals surface area contributed by atoms with Gasteiger partial charge in [-0.2, -0.15) is 0 Å². The fourth-order valence-electron chi connectivity index (χ4n) is 3.79. The molecule has 32 heavy (non-hydrogen) atoms. The van der Waals surface area contributed by atoms with Gasteiger partial charge in [0.2, 0.25) is 0 Å². The molecule has 0 atom stereocenters. The monoisotopic (exact) mass is 451 g/mol. The number of amides is 1. The zero-order valence-corrected chi connectivity index (χ0v) is 18.9. The molecule has 0 radical (unpaired) electrons. The highest BCUT2D eigenvalue weighted by atomic mass is 32.1. The van der Waals surface area contributed by atoms with Gasteiger partial charge in [0.1, 0.15) is 10.7 Å². The molecule has 0 saturated carbocycles. The predicted octanol–water partition coefficient (Wildman–Crippen LogP) is 3.74. The van der Waals surface area contributed by atoms with Crippen LogP contribution >= 0.6 is 11.3 Å². The number of thiazole rings is 1. The van der Waals surface area contributed by atoms with E-state index in [-0.39, 0.29) is 11.6 Å². The standard InChI is InChI=1S/C23H25N5O3S/c1-25(2)20-9-8-18(14-21(20)28(30)31)23(29)27-12-10-26(11-13-27)15-19-16-32-22(24-19)17-6-4-3-5-7-17/h3-9,14,16H,10-13,15H2,1-2H3. The molecule has 9 heteroatoms. The van der Waals surface area contributed by atoms with Crippen LogP contribution in [0, 0.1) is 10.1 Å². The Labute approximate surface area is 190 Å². The molecular weight excluding hydrogens is 426 g/mol. The van der Waals surface area contributed by atoms with Gasteiger partial charge in [-0.1, -0.05) is 30.3 Å². The van der Waals surface area contributed by atoms with Gasteiger partial charge in [0.25, 0.3) is 11.6 Å². The fourth-order valence-corrected chi connectivity index (χ4v) is 4.61. The lowest BCUT2D eigenvalue weighted by molar-refractivity contribution is -0.384. The summed E-state index contributed by atoms with van der Waals surface area (Å²) in [6.45, 7) is 3.38. The van der Waals surface area contributed by atoms with Crippen LogP contribution in [0.15, 0.2) is 53.9 Å². The van der Waals surface area contributed by atoms with Crippen LogP contribution in [0.3, 0.4) is 0 Å². The molecule has 0 spiro atoms. The van der Waals surface area contributed by atoms with Gasteiger partial charge in [-0.05, 0) is 12.1 Å². The summed E-state index contributed by atoms with van der Waals surface area (Å²) in [6.07, 6.45) is 0. The van der Waals surface area contributed by atoms with Crippen molar-refractivity contribution < 1.29 is 9.72 Å². The van der Waals surface area contributed by atoms with Crippen LogP contribution in [0.4, 0.5) is 11.4 Å². The first kappa shape index (κ1) is 21.9. The molecule has 0 aliphatic carbocycles. The van der Waals surface area contributed by atoms with Crippen molar-refractivity contribution in [1.82, 2.24) is 14.8 Å². The van der Waals surface area contributed by atoms with Crippen LogP contribution in [0.25, 0.3) is 10.6 Å². The lowest BCUT2D eigenvalue weighted by Gasteiger charge is -2.34. The summed E-state index contributed by atoms with van der Waals surface area (Å²) >= 11 is 1.64. The summed E-state index contributed by atoms with van der Waals surface area (Å²) in [5.74, 6) is -0.168. The van der Waals surface area contributed by atoms with Crippen molar-refractivity contribution in [1.29, 1.82) is 0 Å². The Kier molecular flexibility index (Phi) is 6.48. The summed E-state index contributed by atoms with van der Waals surface area (Å²) < 4.78 is 0. The third-order valence-electron chi connectivity index (χ3n) is 5.52. The molecule has 1 amide bonds. The average molecular weight is 452 g/mol. The number of rotatable bonds is 6. The molecule has 0 bridgehead atoms.